The molecule has 1 aliphatic rings. The van der Waals surface area contributed by atoms with Crippen molar-refractivity contribution in [3.8, 4) is 0 Å². The summed E-state index contributed by atoms with van der Waals surface area (Å²) in [7, 11) is 1.58. The number of carbonyl (C=O) groups excluding carboxylic acids is 3. The minimum Gasteiger partial charge on any atom is -0.447 e. The van der Waals surface area contributed by atoms with Gasteiger partial charge in [0.1, 0.15) is 29.9 Å². The molecule has 3 aromatic carbocycles. The van der Waals surface area contributed by atoms with Crippen molar-refractivity contribution in [3.05, 3.63) is 123 Å². The van der Waals surface area contributed by atoms with Crippen molar-refractivity contribution < 1.29 is 27.9 Å². The lowest BCUT2D eigenvalue weighted by Gasteiger charge is -2.30. The third-order valence-electron chi connectivity index (χ3n) is 9.01. The first kappa shape index (κ1) is 37.3. The third-order valence-corrected chi connectivity index (χ3v) is 9.86. The summed E-state index contributed by atoms with van der Waals surface area (Å²) in [6.07, 6.45) is 3.39. The van der Waals surface area contributed by atoms with Crippen LogP contribution in [0.5, 0.6) is 0 Å². The second-order valence-corrected chi connectivity index (χ2v) is 13.2. The number of halogens is 4. The number of urea groups is 2. The number of ether oxygens (including phenoxy) is 1. The largest absolute Gasteiger partial charge is 0.447 e. The van der Waals surface area contributed by atoms with E-state index < -0.39 is 29.8 Å². The quantitative estimate of drug-likeness (QED) is 0.131. The lowest BCUT2D eigenvalue weighted by atomic mass is 10.1. The van der Waals surface area contributed by atoms with Crippen LogP contribution in [0.1, 0.15) is 29.1 Å². The van der Waals surface area contributed by atoms with Crippen LogP contribution in [0, 0.1) is 11.6 Å². The average molecular weight is 766 g/mol. The number of nitrogens with zero attached hydrogens (tertiary/aromatic N) is 5. The minimum atomic E-state index is -0.741. The van der Waals surface area contributed by atoms with E-state index in [2.05, 4.69) is 25.9 Å². The van der Waals surface area contributed by atoms with Gasteiger partial charge in [0.15, 0.2) is 0 Å². The first-order valence-corrected chi connectivity index (χ1v) is 17.5. The molecule has 6 rings (SSSR count). The number of fused-ring (bicyclic) bond motifs is 2. The highest BCUT2D eigenvalue weighted by Crippen LogP contribution is 2.22. The summed E-state index contributed by atoms with van der Waals surface area (Å²) in [5.74, 6) is -0.0936. The molecule has 5 amide bonds. The van der Waals surface area contributed by atoms with Gasteiger partial charge in [-0.1, -0.05) is 71.7 Å². The van der Waals surface area contributed by atoms with Gasteiger partial charge in [0.05, 0.1) is 34.5 Å². The topological polar surface area (TPSA) is 134 Å². The Hall–Kier alpha value is -5.47. The van der Waals surface area contributed by atoms with Crippen LogP contribution in [0.15, 0.2) is 79.1 Å². The first-order chi connectivity index (χ1) is 25.6. The molecule has 1 atom stereocenters. The molecule has 12 nitrogen and oxygen atoms in total. The van der Waals surface area contributed by atoms with Crippen molar-refractivity contribution in [2.45, 2.75) is 45.1 Å². The molecule has 0 saturated carbocycles. The maximum atomic E-state index is 14.0. The molecular weight excluding hydrogens is 729 g/mol. The molecular formula is C37H36Cl2F2N8O4. The number of hydrogen-bond donors (Lipinski definition) is 3. The summed E-state index contributed by atoms with van der Waals surface area (Å²) in [5.41, 5.74) is 1.70. The van der Waals surface area contributed by atoms with E-state index in [-0.39, 0.29) is 35.8 Å². The predicted octanol–water partition coefficient (Wildman–Crippen LogP) is 7.13. The zero-order valence-electron chi connectivity index (χ0n) is 28.6. The van der Waals surface area contributed by atoms with Crippen molar-refractivity contribution in [2.24, 2.45) is 0 Å². The zero-order valence-corrected chi connectivity index (χ0v) is 30.1. The normalized spacial score (nSPS) is 12.9. The van der Waals surface area contributed by atoms with Crippen LogP contribution in [0.25, 0.3) is 10.8 Å². The predicted molar refractivity (Wildman–Crippen MR) is 197 cm³/mol. The van der Waals surface area contributed by atoms with Gasteiger partial charge in [-0.3, -0.25) is 5.32 Å². The Bertz CT molecular complexity index is 2130. The zero-order chi connectivity index (χ0) is 37.5. The fourth-order valence-electron chi connectivity index (χ4n) is 5.98. The van der Waals surface area contributed by atoms with Gasteiger partial charge < -0.3 is 29.7 Å². The number of likely N-dealkylation sites (N-methyl/N-ethyl adjacent to an activating group) is 1. The molecule has 276 valence electrons. The molecule has 0 aliphatic carbocycles. The maximum absolute atomic E-state index is 14.0. The summed E-state index contributed by atoms with van der Waals surface area (Å²) < 4.78 is 35.4. The molecule has 5 aromatic rings. The highest BCUT2D eigenvalue weighted by Gasteiger charge is 2.26. The van der Waals surface area contributed by atoms with Gasteiger partial charge in [-0.15, -0.1) is 0 Å². The molecule has 0 bridgehead atoms. The van der Waals surface area contributed by atoms with E-state index in [0.717, 1.165) is 22.3 Å². The van der Waals surface area contributed by atoms with Gasteiger partial charge in [-0.25, -0.2) is 33.1 Å². The second kappa shape index (κ2) is 16.9. The van der Waals surface area contributed by atoms with Crippen molar-refractivity contribution in [1.82, 2.24) is 35.0 Å². The number of pyridine rings is 1. The maximum Gasteiger partial charge on any atom is 0.412 e. The summed E-state index contributed by atoms with van der Waals surface area (Å²) in [6.45, 7) is 1.09. The smallest absolute Gasteiger partial charge is 0.412 e. The van der Waals surface area contributed by atoms with Crippen LogP contribution < -0.4 is 16.0 Å². The number of aryl methyl sites for hydroxylation is 1. The molecule has 0 unspecified atom stereocenters. The number of carbonyl (C=O) groups is 3. The van der Waals surface area contributed by atoms with Crippen LogP contribution in [-0.2, 0) is 37.3 Å². The van der Waals surface area contributed by atoms with Crippen molar-refractivity contribution >= 4 is 57.9 Å². The lowest BCUT2D eigenvalue weighted by molar-refractivity contribution is 0.113. The number of anilines is 1. The van der Waals surface area contributed by atoms with Gasteiger partial charge >= 0.3 is 18.2 Å². The van der Waals surface area contributed by atoms with Gasteiger partial charge in [-0.05, 0) is 41.1 Å². The molecule has 3 heterocycles. The van der Waals surface area contributed by atoms with E-state index in [4.69, 9.17) is 27.9 Å². The summed E-state index contributed by atoms with van der Waals surface area (Å²) >= 11 is 12.1. The van der Waals surface area contributed by atoms with Gasteiger partial charge in [0, 0.05) is 51.2 Å². The van der Waals surface area contributed by atoms with Gasteiger partial charge in [0.25, 0.3) is 0 Å². The molecule has 0 saturated heterocycles. The van der Waals surface area contributed by atoms with Crippen LogP contribution >= 0.6 is 23.2 Å². The first-order valence-electron chi connectivity index (χ1n) is 16.8. The highest BCUT2D eigenvalue weighted by atomic mass is 35.5. The fraction of sp³-hybridized carbons (Fsp3) is 0.270. The summed E-state index contributed by atoms with van der Waals surface area (Å²) in [5, 5.41) is 9.90. The van der Waals surface area contributed by atoms with Gasteiger partial charge in [-0.2, -0.15) is 0 Å². The molecule has 0 fully saturated rings. The van der Waals surface area contributed by atoms with E-state index in [9.17, 15) is 23.2 Å². The van der Waals surface area contributed by atoms with E-state index in [1.165, 1.54) is 29.2 Å². The van der Waals surface area contributed by atoms with Crippen molar-refractivity contribution in [1.29, 1.82) is 0 Å². The number of nitrogens with one attached hydrogen (secondary N) is 3. The Morgan fingerprint density at radius 3 is 2.28 bits per heavy atom. The molecule has 53 heavy (non-hydrogen) atoms. The molecule has 3 N–H and O–H groups in total. The van der Waals surface area contributed by atoms with Crippen molar-refractivity contribution in [3.63, 3.8) is 0 Å². The Kier molecular flexibility index (Phi) is 11.9. The fourth-order valence-corrected chi connectivity index (χ4v) is 6.37. The third kappa shape index (κ3) is 9.13. The summed E-state index contributed by atoms with van der Waals surface area (Å²) in [4.78, 5) is 51.1. The molecule has 16 heteroatoms. The second-order valence-electron chi connectivity index (χ2n) is 12.4. The SMILES string of the molecule is CN(C(=O)NCc1cccc(F)c1Cl)[C@@H](CCc1ncc2n1CCN(C(=O)NCc1cccc(F)c1Cl)C2)COC(=O)Nc1cc2ccccc2cn1. The number of hydrogen-bond acceptors (Lipinski definition) is 6. The monoisotopic (exact) mass is 764 g/mol. The van der Waals surface area contributed by atoms with Crippen LogP contribution in [0.2, 0.25) is 10.0 Å². The standard InChI is InChI=1S/C37H36Cl2F2N8O4/c1-47(35(50)44-18-25-8-4-10-29(40)33(25)38)27(22-53-37(52)46-31-16-23-6-2-3-7-24(23)17-42-31)12-13-32-43-20-28-21-48(14-15-49(28)32)36(51)45-19-26-9-5-11-30(41)34(26)39/h2-11,16-17,20,27H,12-15,18-19,21-22H2,1H3,(H,44,50)(H,45,51)(H,42,46,52)/t27-/m0/s1. The molecule has 0 spiro atoms. The number of imidazole rings is 1. The lowest BCUT2D eigenvalue weighted by Crippen LogP contribution is -2.46. The Morgan fingerprint density at radius 2 is 1.57 bits per heavy atom. The Morgan fingerprint density at radius 1 is 0.887 bits per heavy atom. The summed E-state index contributed by atoms with van der Waals surface area (Å²) in [6, 6.07) is 16.7. The number of aromatic nitrogens is 3. The Labute approximate surface area is 314 Å². The number of benzene rings is 3. The van der Waals surface area contributed by atoms with E-state index in [0.29, 0.717) is 49.4 Å². The van der Waals surface area contributed by atoms with Crippen LogP contribution in [0.4, 0.5) is 29.0 Å². The number of amides is 5. The molecule has 1 aliphatic heterocycles. The average Bonchev–Trinajstić information content (AvgIpc) is 3.57. The van der Waals surface area contributed by atoms with Gasteiger partial charge in [0.2, 0.25) is 0 Å². The van der Waals surface area contributed by atoms with Crippen molar-refractivity contribution in [2.75, 3.05) is 25.5 Å². The van der Waals surface area contributed by atoms with E-state index in [1.807, 2.05) is 28.8 Å². The number of rotatable bonds is 11. The Balaban J connectivity index is 1.08. The van der Waals surface area contributed by atoms with E-state index >= 15 is 0 Å². The van der Waals surface area contributed by atoms with Crippen LogP contribution in [-0.4, -0.2) is 68.7 Å². The van der Waals surface area contributed by atoms with E-state index in [1.54, 1.807) is 42.5 Å². The minimum absolute atomic E-state index is 0.0193. The molecule has 2 aromatic heterocycles. The van der Waals surface area contributed by atoms with Crippen LogP contribution in [0.3, 0.4) is 0 Å². The molecule has 0 radical (unpaired) electrons. The highest BCUT2D eigenvalue weighted by molar-refractivity contribution is 6.31.